The van der Waals surface area contributed by atoms with Crippen molar-refractivity contribution in [1.29, 1.82) is 0 Å². The summed E-state index contributed by atoms with van der Waals surface area (Å²) in [5.41, 5.74) is 2.02. The van der Waals surface area contributed by atoms with Crippen molar-refractivity contribution in [3.63, 3.8) is 0 Å². The molecule has 0 N–H and O–H groups in total. The van der Waals surface area contributed by atoms with Gasteiger partial charge in [0.25, 0.3) is 5.56 Å². The zero-order valence-corrected chi connectivity index (χ0v) is 24.2. The molecule has 1 aromatic heterocycles. The summed E-state index contributed by atoms with van der Waals surface area (Å²) >= 11 is 10.9. The first-order valence-electron chi connectivity index (χ1n) is 11.6. The molecule has 0 fully saturated rings. The van der Waals surface area contributed by atoms with E-state index in [1.807, 2.05) is 13.0 Å². The smallest absolute Gasteiger partial charge is 0.338 e. The number of carbonyl (C=O) groups excluding carboxylic acids is 1. The third-order valence-electron chi connectivity index (χ3n) is 5.64. The average Bonchev–Trinajstić information content (AvgIpc) is 3.14. The lowest BCUT2D eigenvalue weighted by Crippen LogP contribution is -2.40. The van der Waals surface area contributed by atoms with Gasteiger partial charge in [-0.05, 0) is 69.2 Å². The number of methoxy groups -OCH3 is 1. The molecule has 10 heteroatoms. The van der Waals surface area contributed by atoms with E-state index in [1.165, 1.54) is 11.3 Å². The van der Waals surface area contributed by atoms with E-state index in [9.17, 15) is 9.59 Å². The molecule has 1 atom stereocenters. The number of rotatable bonds is 7. The Balaban J connectivity index is 1.93. The fourth-order valence-corrected chi connectivity index (χ4v) is 5.65. The van der Waals surface area contributed by atoms with Crippen LogP contribution in [0.3, 0.4) is 0 Å². The van der Waals surface area contributed by atoms with E-state index in [0.717, 1.165) is 15.6 Å². The summed E-state index contributed by atoms with van der Waals surface area (Å²) in [6.07, 6.45) is 1.45. The first-order chi connectivity index (χ1) is 17.6. The predicted octanol–water partition coefficient (Wildman–Crippen LogP) is 5.01. The van der Waals surface area contributed by atoms with E-state index in [4.69, 9.17) is 25.8 Å². The molecule has 0 amide bonds. The molecule has 2 heterocycles. The second kappa shape index (κ2) is 11.2. The minimum atomic E-state index is -0.708. The van der Waals surface area contributed by atoms with Gasteiger partial charge in [-0.1, -0.05) is 51.0 Å². The van der Waals surface area contributed by atoms with Gasteiger partial charge in [0.1, 0.15) is 0 Å². The molecule has 0 spiro atoms. The van der Waals surface area contributed by atoms with Crippen molar-refractivity contribution in [3.05, 3.63) is 88.0 Å². The third kappa shape index (κ3) is 5.54. The quantitative estimate of drug-likeness (QED) is 0.354. The van der Waals surface area contributed by atoms with Crippen molar-refractivity contribution in [2.24, 2.45) is 4.99 Å². The van der Waals surface area contributed by atoms with Gasteiger partial charge in [-0.15, -0.1) is 0 Å². The maximum atomic E-state index is 13.8. The molecule has 3 aromatic rings. The number of benzene rings is 2. The van der Waals surface area contributed by atoms with Gasteiger partial charge in [0.15, 0.2) is 16.3 Å². The molecule has 0 saturated carbocycles. The Bertz CT molecular complexity index is 1560. The molecule has 194 valence electrons. The predicted molar refractivity (Wildman–Crippen MR) is 148 cm³/mol. The lowest BCUT2D eigenvalue weighted by atomic mass is 9.96. The van der Waals surface area contributed by atoms with Crippen LogP contribution in [0.25, 0.3) is 6.08 Å². The monoisotopic (exact) mass is 604 g/mol. The maximum absolute atomic E-state index is 13.8. The van der Waals surface area contributed by atoms with Gasteiger partial charge in [0.2, 0.25) is 0 Å². The van der Waals surface area contributed by atoms with Gasteiger partial charge in [-0.25, -0.2) is 9.79 Å². The Labute approximate surface area is 231 Å². The molecular formula is C27H26BrClN2O5S. The molecule has 0 bridgehead atoms. The minimum absolute atomic E-state index is 0.272. The number of thiazole rings is 1. The Kier molecular flexibility index (Phi) is 8.26. The normalized spacial score (nSPS) is 15.5. The van der Waals surface area contributed by atoms with Crippen LogP contribution >= 0.6 is 38.9 Å². The standard InChI is InChI=1S/C27H26BrClN2O5S/c1-6-35-21-11-17(19(28)13-20(21)34-5)12-22-25(32)31-24(16-7-9-18(29)10-8-16)23(26(33)36-14(2)3)15(4)30-27(31)37-22/h7-14,24H,6H2,1-5H3/b22-12+/t24-/m1/s1. The summed E-state index contributed by atoms with van der Waals surface area (Å²) in [5.74, 6) is 0.643. The number of fused-ring (bicyclic) bond motifs is 1. The van der Waals surface area contributed by atoms with Crippen molar-refractivity contribution in [2.75, 3.05) is 13.7 Å². The molecule has 7 nitrogen and oxygen atoms in total. The van der Waals surface area contributed by atoms with E-state index >= 15 is 0 Å². The first kappa shape index (κ1) is 27.2. The minimum Gasteiger partial charge on any atom is -0.493 e. The van der Waals surface area contributed by atoms with Crippen LogP contribution in [0.15, 0.2) is 61.9 Å². The summed E-state index contributed by atoms with van der Waals surface area (Å²) in [7, 11) is 1.57. The van der Waals surface area contributed by atoms with Crippen LogP contribution in [0.4, 0.5) is 0 Å². The number of nitrogens with zero attached hydrogens (tertiary/aromatic N) is 2. The second-order valence-corrected chi connectivity index (χ2v) is 10.8. The molecule has 4 rings (SSSR count). The summed E-state index contributed by atoms with van der Waals surface area (Å²) in [6.45, 7) is 7.67. The van der Waals surface area contributed by atoms with Crippen LogP contribution in [0.5, 0.6) is 11.5 Å². The number of aromatic nitrogens is 1. The lowest BCUT2D eigenvalue weighted by Gasteiger charge is -2.25. The van der Waals surface area contributed by atoms with Crippen molar-refractivity contribution in [2.45, 2.75) is 39.8 Å². The maximum Gasteiger partial charge on any atom is 0.338 e. The fourth-order valence-electron chi connectivity index (χ4n) is 4.05. The van der Waals surface area contributed by atoms with Crippen LogP contribution in [0, 0.1) is 0 Å². The van der Waals surface area contributed by atoms with Gasteiger partial charge in [-0.2, -0.15) is 0 Å². The topological polar surface area (TPSA) is 79.1 Å². The highest BCUT2D eigenvalue weighted by atomic mass is 79.9. The Morgan fingerprint density at radius 2 is 1.95 bits per heavy atom. The largest absolute Gasteiger partial charge is 0.493 e. The molecule has 37 heavy (non-hydrogen) atoms. The lowest BCUT2D eigenvalue weighted by molar-refractivity contribution is -0.143. The molecule has 0 aliphatic carbocycles. The molecule has 0 saturated heterocycles. The number of hydrogen-bond acceptors (Lipinski definition) is 7. The molecular weight excluding hydrogens is 580 g/mol. The van der Waals surface area contributed by atoms with Crippen LogP contribution in [-0.2, 0) is 9.53 Å². The van der Waals surface area contributed by atoms with E-state index < -0.39 is 12.0 Å². The summed E-state index contributed by atoms with van der Waals surface area (Å²) in [5, 5.41) is 0.553. The van der Waals surface area contributed by atoms with E-state index in [-0.39, 0.29) is 11.7 Å². The van der Waals surface area contributed by atoms with E-state index in [2.05, 4.69) is 20.9 Å². The molecule has 1 aliphatic rings. The molecule has 2 aromatic carbocycles. The van der Waals surface area contributed by atoms with Gasteiger partial charge in [0.05, 0.1) is 41.7 Å². The summed E-state index contributed by atoms with van der Waals surface area (Å²) < 4.78 is 19.4. The van der Waals surface area contributed by atoms with Crippen molar-refractivity contribution < 1.29 is 19.0 Å². The molecule has 1 aliphatic heterocycles. The van der Waals surface area contributed by atoms with Gasteiger partial charge >= 0.3 is 5.97 Å². The van der Waals surface area contributed by atoms with Crippen LogP contribution < -0.4 is 24.4 Å². The number of esters is 1. The zero-order valence-electron chi connectivity index (χ0n) is 21.0. The van der Waals surface area contributed by atoms with Gasteiger partial charge < -0.3 is 14.2 Å². The number of allylic oxidation sites excluding steroid dienone is 1. The molecule has 0 unspecified atom stereocenters. The van der Waals surface area contributed by atoms with Gasteiger partial charge in [0, 0.05) is 9.50 Å². The van der Waals surface area contributed by atoms with Crippen molar-refractivity contribution >= 4 is 50.9 Å². The zero-order chi connectivity index (χ0) is 26.9. The number of hydrogen-bond donors (Lipinski definition) is 0. The Hall–Kier alpha value is -2.88. The highest BCUT2D eigenvalue weighted by molar-refractivity contribution is 9.10. The number of ether oxygens (including phenoxy) is 3. The Morgan fingerprint density at radius 1 is 1.24 bits per heavy atom. The average molecular weight is 606 g/mol. The highest BCUT2D eigenvalue weighted by Crippen LogP contribution is 2.34. The summed E-state index contributed by atoms with van der Waals surface area (Å²) in [4.78, 5) is 32.1. The van der Waals surface area contributed by atoms with Crippen LogP contribution in [0.2, 0.25) is 5.02 Å². The van der Waals surface area contributed by atoms with Crippen LogP contribution in [0.1, 0.15) is 44.9 Å². The second-order valence-electron chi connectivity index (χ2n) is 8.55. The number of halogens is 2. The SMILES string of the molecule is CCOc1cc(/C=c2/sc3n(c2=O)[C@H](c2ccc(Cl)cc2)C(C(=O)OC(C)C)=C(C)N=3)c(Br)cc1OC. The van der Waals surface area contributed by atoms with Gasteiger partial charge in [-0.3, -0.25) is 9.36 Å². The molecule has 0 radical (unpaired) electrons. The van der Waals surface area contributed by atoms with Crippen LogP contribution in [-0.4, -0.2) is 30.4 Å². The van der Waals surface area contributed by atoms with Crippen molar-refractivity contribution in [3.8, 4) is 11.5 Å². The van der Waals surface area contributed by atoms with E-state index in [0.29, 0.717) is 43.7 Å². The summed E-state index contributed by atoms with van der Waals surface area (Å²) in [6, 6.07) is 9.99. The fraction of sp³-hybridized carbons (Fsp3) is 0.296. The Morgan fingerprint density at radius 3 is 2.57 bits per heavy atom. The van der Waals surface area contributed by atoms with Crippen molar-refractivity contribution in [1.82, 2.24) is 4.57 Å². The van der Waals surface area contributed by atoms with E-state index in [1.54, 1.807) is 68.9 Å². The first-order valence-corrected chi connectivity index (χ1v) is 13.6. The number of carbonyl (C=O) groups is 1. The highest BCUT2D eigenvalue weighted by Gasteiger charge is 2.33. The third-order valence-corrected chi connectivity index (χ3v) is 7.56.